The molecule has 0 spiro atoms. The van der Waals surface area contributed by atoms with E-state index in [4.69, 9.17) is 0 Å². The number of benzene rings is 1. The second kappa shape index (κ2) is 6.26. The van der Waals surface area contributed by atoms with E-state index in [1.165, 1.54) is 4.90 Å². The van der Waals surface area contributed by atoms with E-state index in [1.807, 2.05) is 6.07 Å². The third kappa shape index (κ3) is 4.04. The summed E-state index contributed by atoms with van der Waals surface area (Å²) in [6.07, 6.45) is 1.48. The Labute approximate surface area is 124 Å². The van der Waals surface area contributed by atoms with Crippen LogP contribution >= 0.6 is 0 Å². The molecule has 1 N–H and O–H groups in total. The Kier molecular flexibility index (Phi) is 4.62. The van der Waals surface area contributed by atoms with Gasteiger partial charge in [-0.1, -0.05) is 30.3 Å². The van der Waals surface area contributed by atoms with Gasteiger partial charge in [0.1, 0.15) is 15.9 Å². The molecule has 1 aromatic rings. The van der Waals surface area contributed by atoms with Crippen molar-refractivity contribution in [1.82, 2.24) is 10.2 Å². The van der Waals surface area contributed by atoms with Gasteiger partial charge in [0.15, 0.2) is 0 Å². The lowest BCUT2D eigenvalue weighted by atomic mass is 10.0. The molecule has 114 valence electrons. The van der Waals surface area contributed by atoms with Gasteiger partial charge in [0.25, 0.3) is 0 Å². The number of hydrogen-bond acceptors (Lipinski definition) is 4. The minimum Gasteiger partial charge on any atom is -0.345 e. The average Bonchev–Trinajstić information content (AvgIpc) is 2.42. The standard InChI is InChI=1S/C14H18N2O4S/c1-21(19,20)9-5-8-16-12(17)10-15-14(18)13(16)11-6-3-2-4-7-11/h2-4,6-7,13H,5,8-10H2,1H3,(H,15,18). The van der Waals surface area contributed by atoms with E-state index < -0.39 is 15.9 Å². The van der Waals surface area contributed by atoms with Crippen molar-refractivity contribution >= 4 is 21.7 Å². The van der Waals surface area contributed by atoms with E-state index in [0.29, 0.717) is 6.42 Å². The summed E-state index contributed by atoms with van der Waals surface area (Å²) >= 11 is 0. The van der Waals surface area contributed by atoms with Crippen molar-refractivity contribution in [3.05, 3.63) is 35.9 Å². The first-order valence-electron chi connectivity index (χ1n) is 6.68. The Morgan fingerprint density at radius 1 is 1.24 bits per heavy atom. The smallest absolute Gasteiger partial charge is 0.247 e. The van der Waals surface area contributed by atoms with Crippen molar-refractivity contribution in [2.45, 2.75) is 12.5 Å². The molecule has 2 rings (SSSR count). The second-order valence-corrected chi connectivity index (χ2v) is 7.36. The van der Waals surface area contributed by atoms with Gasteiger partial charge in [-0.2, -0.15) is 0 Å². The highest BCUT2D eigenvalue weighted by molar-refractivity contribution is 7.90. The maximum atomic E-state index is 12.1. The fraction of sp³-hybridized carbons (Fsp3) is 0.429. The highest BCUT2D eigenvalue weighted by atomic mass is 32.2. The Morgan fingerprint density at radius 3 is 2.52 bits per heavy atom. The van der Waals surface area contributed by atoms with Crippen LogP contribution in [-0.4, -0.2) is 50.2 Å². The summed E-state index contributed by atoms with van der Waals surface area (Å²) in [5, 5.41) is 2.57. The van der Waals surface area contributed by atoms with E-state index >= 15 is 0 Å². The molecule has 1 aromatic carbocycles. The topological polar surface area (TPSA) is 83.6 Å². The molecule has 1 fully saturated rings. The molecule has 6 nitrogen and oxygen atoms in total. The molecule has 1 aliphatic rings. The van der Waals surface area contributed by atoms with Gasteiger partial charge in [-0.15, -0.1) is 0 Å². The Balaban J connectivity index is 2.17. The van der Waals surface area contributed by atoms with Crippen LogP contribution < -0.4 is 5.32 Å². The fourth-order valence-corrected chi connectivity index (χ4v) is 3.02. The zero-order valence-corrected chi connectivity index (χ0v) is 12.6. The zero-order chi connectivity index (χ0) is 15.5. The summed E-state index contributed by atoms with van der Waals surface area (Å²) in [5.41, 5.74) is 0.724. The molecular weight excluding hydrogens is 292 g/mol. The van der Waals surface area contributed by atoms with Crippen LogP contribution in [0.15, 0.2) is 30.3 Å². The highest BCUT2D eigenvalue weighted by Crippen LogP contribution is 2.23. The SMILES string of the molecule is CS(=O)(=O)CCCN1C(=O)CNC(=O)C1c1ccccc1. The molecule has 0 aromatic heterocycles. The minimum absolute atomic E-state index is 0.0000905. The van der Waals surface area contributed by atoms with Gasteiger partial charge < -0.3 is 10.2 Å². The summed E-state index contributed by atoms with van der Waals surface area (Å²) < 4.78 is 22.4. The van der Waals surface area contributed by atoms with Crippen LogP contribution in [0.1, 0.15) is 18.0 Å². The van der Waals surface area contributed by atoms with Crippen molar-refractivity contribution in [1.29, 1.82) is 0 Å². The summed E-state index contributed by atoms with van der Waals surface area (Å²) in [5.74, 6) is -0.433. The highest BCUT2D eigenvalue weighted by Gasteiger charge is 2.35. The quantitative estimate of drug-likeness (QED) is 0.837. The number of amides is 2. The molecule has 21 heavy (non-hydrogen) atoms. The lowest BCUT2D eigenvalue weighted by Crippen LogP contribution is -2.53. The first kappa shape index (κ1) is 15.5. The Hall–Kier alpha value is -1.89. The Bertz CT molecular complexity index is 628. The Morgan fingerprint density at radius 2 is 1.90 bits per heavy atom. The van der Waals surface area contributed by atoms with Crippen LogP contribution in [0.3, 0.4) is 0 Å². The largest absolute Gasteiger partial charge is 0.345 e. The fourth-order valence-electron chi connectivity index (χ4n) is 2.36. The summed E-state index contributed by atoms with van der Waals surface area (Å²) in [7, 11) is -3.08. The van der Waals surface area contributed by atoms with Crippen molar-refractivity contribution < 1.29 is 18.0 Å². The van der Waals surface area contributed by atoms with Gasteiger partial charge in [0.2, 0.25) is 11.8 Å². The number of nitrogens with zero attached hydrogens (tertiary/aromatic N) is 1. The molecule has 7 heteroatoms. The molecule has 0 aliphatic carbocycles. The molecule has 1 saturated heterocycles. The molecule has 1 heterocycles. The van der Waals surface area contributed by atoms with Gasteiger partial charge in [0, 0.05) is 12.8 Å². The second-order valence-electron chi connectivity index (χ2n) is 5.10. The van der Waals surface area contributed by atoms with Crippen LogP contribution in [0.25, 0.3) is 0 Å². The molecule has 0 radical (unpaired) electrons. The van der Waals surface area contributed by atoms with Crippen molar-refractivity contribution in [2.24, 2.45) is 0 Å². The van der Waals surface area contributed by atoms with E-state index in [9.17, 15) is 18.0 Å². The third-order valence-electron chi connectivity index (χ3n) is 3.32. The number of hydrogen-bond donors (Lipinski definition) is 1. The first-order chi connectivity index (χ1) is 9.88. The number of rotatable bonds is 5. The number of carbonyl (C=O) groups is 2. The van der Waals surface area contributed by atoms with Gasteiger partial charge in [0.05, 0.1) is 12.3 Å². The number of piperazine rings is 1. The van der Waals surface area contributed by atoms with E-state index in [0.717, 1.165) is 11.8 Å². The van der Waals surface area contributed by atoms with Gasteiger partial charge in [-0.25, -0.2) is 8.42 Å². The molecule has 1 aliphatic heterocycles. The number of carbonyl (C=O) groups excluding carboxylic acids is 2. The predicted octanol–water partition coefficient (Wildman–Crippen LogP) is 0.121. The van der Waals surface area contributed by atoms with Gasteiger partial charge in [-0.3, -0.25) is 9.59 Å². The summed E-state index contributed by atoms with van der Waals surface area (Å²) in [6, 6.07) is 8.32. The van der Waals surface area contributed by atoms with Gasteiger partial charge in [-0.05, 0) is 12.0 Å². The third-order valence-corrected chi connectivity index (χ3v) is 4.35. The zero-order valence-electron chi connectivity index (χ0n) is 11.8. The van der Waals surface area contributed by atoms with E-state index in [1.54, 1.807) is 24.3 Å². The maximum Gasteiger partial charge on any atom is 0.247 e. The average molecular weight is 310 g/mol. The van der Waals surface area contributed by atoms with Crippen LogP contribution in [0.4, 0.5) is 0 Å². The lowest BCUT2D eigenvalue weighted by Gasteiger charge is -2.35. The van der Waals surface area contributed by atoms with Crippen LogP contribution in [0, 0.1) is 0 Å². The minimum atomic E-state index is -3.08. The van der Waals surface area contributed by atoms with Crippen molar-refractivity contribution in [3.8, 4) is 0 Å². The molecule has 0 bridgehead atoms. The van der Waals surface area contributed by atoms with Crippen molar-refractivity contribution in [3.63, 3.8) is 0 Å². The normalized spacial score (nSPS) is 19.5. The predicted molar refractivity (Wildman–Crippen MR) is 78.2 cm³/mol. The van der Waals surface area contributed by atoms with Crippen LogP contribution in [0.5, 0.6) is 0 Å². The molecular formula is C14H18N2O4S. The molecule has 0 saturated carbocycles. The van der Waals surface area contributed by atoms with Crippen molar-refractivity contribution in [2.75, 3.05) is 25.1 Å². The molecule has 1 unspecified atom stereocenters. The van der Waals surface area contributed by atoms with E-state index in [2.05, 4.69) is 5.32 Å². The number of sulfone groups is 1. The summed E-state index contributed by atoms with van der Waals surface area (Å²) in [6.45, 7) is 0.208. The van der Waals surface area contributed by atoms with E-state index in [-0.39, 0.29) is 30.7 Å². The lowest BCUT2D eigenvalue weighted by molar-refractivity contribution is -0.145. The molecule has 2 amide bonds. The monoisotopic (exact) mass is 310 g/mol. The molecule has 1 atom stereocenters. The van der Waals surface area contributed by atoms with Gasteiger partial charge >= 0.3 is 0 Å². The first-order valence-corrected chi connectivity index (χ1v) is 8.74. The summed E-state index contributed by atoms with van der Waals surface area (Å²) in [4.78, 5) is 25.6. The van der Waals surface area contributed by atoms with Crippen LogP contribution in [-0.2, 0) is 19.4 Å². The van der Waals surface area contributed by atoms with Crippen LogP contribution in [0.2, 0.25) is 0 Å². The maximum absolute atomic E-state index is 12.1. The number of nitrogens with one attached hydrogen (secondary N) is 1.